The highest BCUT2D eigenvalue weighted by Crippen LogP contribution is 2.05. The number of hydrogen-bond acceptors (Lipinski definition) is 3. The van der Waals surface area contributed by atoms with Crippen LogP contribution in [0.4, 0.5) is 0 Å². The van der Waals surface area contributed by atoms with E-state index >= 15 is 0 Å². The molecule has 0 bridgehead atoms. The summed E-state index contributed by atoms with van der Waals surface area (Å²) < 4.78 is 0. The third kappa shape index (κ3) is 5.87. The van der Waals surface area contributed by atoms with Gasteiger partial charge in [-0.1, -0.05) is 13.8 Å². The normalized spacial score (nSPS) is 10.5. The fourth-order valence-electron chi connectivity index (χ4n) is 1.74. The van der Waals surface area contributed by atoms with Crippen molar-refractivity contribution in [3.8, 4) is 0 Å². The van der Waals surface area contributed by atoms with Gasteiger partial charge in [0.2, 0.25) is 5.91 Å². The summed E-state index contributed by atoms with van der Waals surface area (Å²) in [6.45, 7) is 4.66. The Hall–Kier alpha value is -1.36. The molecule has 2 amide bonds. The summed E-state index contributed by atoms with van der Waals surface area (Å²) >= 11 is 1.50. The number of carbonyl (C=O) groups is 2. The van der Waals surface area contributed by atoms with E-state index in [1.54, 1.807) is 6.07 Å². The van der Waals surface area contributed by atoms with Crippen LogP contribution in [0.2, 0.25) is 0 Å². The maximum absolute atomic E-state index is 11.6. The predicted molar refractivity (Wildman–Crippen MR) is 78.4 cm³/mol. The van der Waals surface area contributed by atoms with Crippen LogP contribution in [0.25, 0.3) is 0 Å². The number of rotatable bonds is 8. The summed E-state index contributed by atoms with van der Waals surface area (Å²) in [5.41, 5.74) is 0.687. The Balaban J connectivity index is 2.13. The van der Waals surface area contributed by atoms with Crippen LogP contribution in [0.15, 0.2) is 16.8 Å². The summed E-state index contributed by atoms with van der Waals surface area (Å²) in [6, 6.07) is 2.06. The van der Waals surface area contributed by atoms with E-state index in [9.17, 15) is 9.59 Å². The molecule has 1 aromatic rings. The Morgan fingerprint density at radius 2 is 2.05 bits per heavy atom. The van der Waals surface area contributed by atoms with Gasteiger partial charge in [0.25, 0.3) is 5.91 Å². The molecule has 2 N–H and O–H groups in total. The molecule has 1 rings (SSSR count). The highest BCUT2D eigenvalue weighted by atomic mass is 32.1. The molecule has 0 saturated heterocycles. The predicted octanol–water partition coefficient (Wildman–Crippen LogP) is 2.56. The van der Waals surface area contributed by atoms with Gasteiger partial charge in [-0.2, -0.15) is 11.3 Å². The van der Waals surface area contributed by atoms with E-state index in [0.717, 1.165) is 12.8 Å². The van der Waals surface area contributed by atoms with Crippen molar-refractivity contribution in [2.24, 2.45) is 0 Å². The fourth-order valence-corrected chi connectivity index (χ4v) is 2.38. The van der Waals surface area contributed by atoms with Crippen molar-refractivity contribution in [3.63, 3.8) is 0 Å². The third-order valence-electron chi connectivity index (χ3n) is 3.00. The highest BCUT2D eigenvalue weighted by Gasteiger charge is 2.08. The number of thiophene rings is 1. The van der Waals surface area contributed by atoms with E-state index in [4.69, 9.17) is 0 Å². The van der Waals surface area contributed by atoms with Gasteiger partial charge in [-0.05, 0) is 30.7 Å². The molecule has 19 heavy (non-hydrogen) atoms. The molecule has 0 radical (unpaired) electrons. The summed E-state index contributed by atoms with van der Waals surface area (Å²) in [4.78, 5) is 23.2. The van der Waals surface area contributed by atoms with Gasteiger partial charge < -0.3 is 10.6 Å². The second kappa shape index (κ2) is 8.69. The lowest BCUT2D eigenvalue weighted by Gasteiger charge is -2.14. The van der Waals surface area contributed by atoms with Crippen LogP contribution < -0.4 is 10.6 Å². The van der Waals surface area contributed by atoms with Gasteiger partial charge in [-0.25, -0.2) is 0 Å². The van der Waals surface area contributed by atoms with Crippen LogP contribution in [0.5, 0.6) is 0 Å². The third-order valence-corrected chi connectivity index (χ3v) is 3.68. The zero-order chi connectivity index (χ0) is 14.1. The van der Waals surface area contributed by atoms with E-state index in [-0.39, 0.29) is 17.9 Å². The molecule has 5 heteroatoms. The van der Waals surface area contributed by atoms with Crippen molar-refractivity contribution >= 4 is 23.2 Å². The molecule has 0 saturated carbocycles. The Labute approximate surface area is 118 Å². The van der Waals surface area contributed by atoms with Gasteiger partial charge in [0.05, 0.1) is 0 Å². The molecular formula is C14H22N2O2S. The summed E-state index contributed by atoms with van der Waals surface area (Å²) in [7, 11) is 0. The van der Waals surface area contributed by atoms with Gasteiger partial charge in [0, 0.05) is 30.0 Å². The Kier molecular flexibility index (Phi) is 7.18. The van der Waals surface area contributed by atoms with E-state index in [2.05, 4.69) is 24.5 Å². The van der Waals surface area contributed by atoms with Crippen LogP contribution in [0, 0.1) is 0 Å². The average Bonchev–Trinajstić information content (AvgIpc) is 2.94. The molecule has 1 aromatic heterocycles. The van der Waals surface area contributed by atoms with E-state index in [1.807, 2.05) is 10.8 Å². The summed E-state index contributed by atoms with van der Waals surface area (Å²) in [6.07, 6.45) is 3.04. The minimum Gasteiger partial charge on any atom is -0.353 e. The first-order valence-corrected chi connectivity index (χ1v) is 7.71. The van der Waals surface area contributed by atoms with Crippen molar-refractivity contribution in [3.05, 3.63) is 22.4 Å². The van der Waals surface area contributed by atoms with E-state index < -0.39 is 0 Å². The van der Waals surface area contributed by atoms with Crippen LogP contribution in [-0.4, -0.2) is 24.4 Å². The monoisotopic (exact) mass is 282 g/mol. The minimum atomic E-state index is -0.0679. The second-order valence-corrected chi connectivity index (χ2v) is 5.23. The Morgan fingerprint density at radius 1 is 1.32 bits per heavy atom. The molecule has 106 valence electrons. The topological polar surface area (TPSA) is 58.2 Å². The number of nitrogens with one attached hydrogen (secondary N) is 2. The van der Waals surface area contributed by atoms with Crippen molar-refractivity contribution in [2.75, 3.05) is 6.54 Å². The molecule has 1 heterocycles. The average molecular weight is 282 g/mol. The van der Waals surface area contributed by atoms with Crippen molar-refractivity contribution in [1.82, 2.24) is 10.6 Å². The molecule has 0 fully saturated rings. The smallest absolute Gasteiger partial charge is 0.252 e. The number of amides is 2. The second-order valence-electron chi connectivity index (χ2n) is 4.45. The van der Waals surface area contributed by atoms with Crippen molar-refractivity contribution in [1.29, 1.82) is 0 Å². The maximum Gasteiger partial charge on any atom is 0.252 e. The molecule has 0 atom stereocenters. The molecule has 4 nitrogen and oxygen atoms in total. The van der Waals surface area contributed by atoms with Gasteiger partial charge in [0.15, 0.2) is 0 Å². The highest BCUT2D eigenvalue weighted by molar-refractivity contribution is 7.08. The molecule has 0 aliphatic carbocycles. The molecular weight excluding hydrogens is 260 g/mol. The first kappa shape index (κ1) is 15.7. The molecule has 0 aliphatic rings. The summed E-state index contributed by atoms with van der Waals surface area (Å²) in [5, 5.41) is 9.48. The first-order chi connectivity index (χ1) is 9.17. The van der Waals surface area contributed by atoms with Crippen molar-refractivity contribution < 1.29 is 9.59 Å². The van der Waals surface area contributed by atoms with Crippen LogP contribution in [0.1, 0.15) is 49.9 Å². The van der Waals surface area contributed by atoms with Crippen LogP contribution in [0.3, 0.4) is 0 Å². The Bertz CT molecular complexity index is 386. The lowest BCUT2D eigenvalue weighted by Crippen LogP contribution is -2.34. The molecule has 0 aliphatic heterocycles. The zero-order valence-corrected chi connectivity index (χ0v) is 12.4. The number of carbonyl (C=O) groups excluding carboxylic acids is 2. The maximum atomic E-state index is 11.6. The standard InChI is InChI=1S/C14H22N2O2S/c1-3-12(4-2)16-13(17)6-5-8-15-14(18)11-7-9-19-10-11/h7,9-10,12H,3-6,8H2,1-2H3,(H,15,18)(H,16,17). The van der Waals surface area contributed by atoms with Gasteiger partial charge >= 0.3 is 0 Å². The zero-order valence-electron chi connectivity index (χ0n) is 11.6. The Morgan fingerprint density at radius 3 is 2.63 bits per heavy atom. The van der Waals surface area contributed by atoms with Crippen LogP contribution in [-0.2, 0) is 4.79 Å². The molecule has 0 aromatic carbocycles. The largest absolute Gasteiger partial charge is 0.353 e. The lowest BCUT2D eigenvalue weighted by molar-refractivity contribution is -0.121. The minimum absolute atomic E-state index is 0.0679. The van der Waals surface area contributed by atoms with Crippen LogP contribution >= 0.6 is 11.3 Å². The summed E-state index contributed by atoms with van der Waals surface area (Å²) in [5.74, 6) is 0.000124. The van der Waals surface area contributed by atoms with E-state index in [1.165, 1.54) is 11.3 Å². The fraction of sp³-hybridized carbons (Fsp3) is 0.571. The van der Waals surface area contributed by atoms with Gasteiger partial charge in [-0.3, -0.25) is 9.59 Å². The lowest BCUT2D eigenvalue weighted by atomic mass is 10.1. The number of hydrogen-bond donors (Lipinski definition) is 2. The molecule has 0 unspecified atom stereocenters. The van der Waals surface area contributed by atoms with E-state index in [0.29, 0.717) is 24.9 Å². The van der Waals surface area contributed by atoms with Crippen molar-refractivity contribution in [2.45, 2.75) is 45.6 Å². The van der Waals surface area contributed by atoms with Gasteiger partial charge in [0.1, 0.15) is 0 Å². The first-order valence-electron chi connectivity index (χ1n) is 6.77. The van der Waals surface area contributed by atoms with Gasteiger partial charge in [-0.15, -0.1) is 0 Å². The quantitative estimate of drug-likeness (QED) is 0.720. The SMILES string of the molecule is CCC(CC)NC(=O)CCCNC(=O)c1ccsc1. The molecule has 0 spiro atoms.